The van der Waals surface area contributed by atoms with Gasteiger partial charge in [-0.1, -0.05) is 0 Å². The van der Waals surface area contributed by atoms with E-state index in [1.165, 1.54) is 12.8 Å². The van der Waals surface area contributed by atoms with Crippen molar-refractivity contribution in [3.63, 3.8) is 0 Å². The van der Waals surface area contributed by atoms with Crippen LogP contribution in [0.1, 0.15) is 18.5 Å². The van der Waals surface area contributed by atoms with Gasteiger partial charge in [0.05, 0.1) is 23.8 Å². The van der Waals surface area contributed by atoms with E-state index in [0.29, 0.717) is 11.7 Å². The van der Waals surface area contributed by atoms with Crippen molar-refractivity contribution in [1.82, 2.24) is 29.7 Å². The van der Waals surface area contributed by atoms with Crippen molar-refractivity contribution in [1.29, 1.82) is 0 Å². The van der Waals surface area contributed by atoms with E-state index in [1.54, 1.807) is 12.4 Å². The van der Waals surface area contributed by atoms with Crippen molar-refractivity contribution < 1.29 is 0 Å². The van der Waals surface area contributed by atoms with Crippen LogP contribution in [0.25, 0.3) is 17.2 Å². The lowest BCUT2D eigenvalue weighted by atomic mass is 9.95. The first-order valence-electron chi connectivity index (χ1n) is 7.70. The average molecular weight is 294 g/mol. The molecule has 6 heteroatoms. The van der Waals surface area contributed by atoms with Crippen molar-refractivity contribution in [2.45, 2.75) is 19.3 Å². The van der Waals surface area contributed by atoms with Gasteiger partial charge in [-0.3, -0.25) is 14.4 Å². The number of hydrogen-bond donors (Lipinski definition) is 1. The van der Waals surface area contributed by atoms with E-state index in [1.807, 2.05) is 29.1 Å². The molecule has 4 rings (SSSR count). The minimum absolute atomic E-state index is 0.675. The molecule has 1 aliphatic heterocycles. The molecule has 0 unspecified atom stereocenters. The zero-order valence-electron chi connectivity index (χ0n) is 12.3. The molecule has 0 amide bonds. The maximum atomic E-state index is 4.58. The van der Waals surface area contributed by atoms with Crippen molar-refractivity contribution in [3.8, 4) is 11.4 Å². The molecular weight excluding hydrogens is 276 g/mol. The summed E-state index contributed by atoms with van der Waals surface area (Å²) < 4.78 is 1.93. The molecule has 0 bridgehead atoms. The Kier molecular flexibility index (Phi) is 3.52. The Morgan fingerprint density at radius 1 is 1.14 bits per heavy atom. The van der Waals surface area contributed by atoms with Crippen molar-refractivity contribution >= 4 is 5.78 Å². The summed E-state index contributed by atoms with van der Waals surface area (Å²) in [5, 5.41) is 3.44. The first-order valence-corrected chi connectivity index (χ1v) is 7.70. The van der Waals surface area contributed by atoms with Gasteiger partial charge in [0.1, 0.15) is 5.69 Å². The van der Waals surface area contributed by atoms with Crippen LogP contribution in [-0.2, 0) is 6.42 Å². The lowest BCUT2D eigenvalue weighted by Crippen LogP contribution is -2.31. The third-order valence-electron chi connectivity index (χ3n) is 4.15. The molecule has 0 aliphatic carbocycles. The van der Waals surface area contributed by atoms with E-state index < -0.39 is 0 Å². The number of imidazole rings is 1. The Balaban J connectivity index is 1.56. The highest BCUT2D eigenvalue weighted by Crippen LogP contribution is 2.19. The minimum Gasteiger partial charge on any atom is -0.316 e. The van der Waals surface area contributed by atoms with Crippen LogP contribution in [0.5, 0.6) is 0 Å². The highest BCUT2D eigenvalue weighted by atomic mass is 15.1. The summed E-state index contributed by atoms with van der Waals surface area (Å²) in [5.41, 5.74) is 2.80. The lowest BCUT2D eigenvalue weighted by molar-refractivity contribution is 0.373. The van der Waals surface area contributed by atoms with Gasteiger partial charge < -0.3 is 5.32 Å². The molecular formula is C16H18N6. The predicted molar refractivity (Wildman–Crippen MR) is 83.3 cm³/mol. The third kappa shape index (κ3) is 2.57. The largest absolute Gasteiger partial charge is 0.316 e. The summed E-state index contributed by atoms with van der Waals surface area (Å²) in [4.78, 5) is 17.7. The van der Waals surface area contributed by atoms with Crippen LogP contribution in [0, 0.1) is 5.92 Å². The number of rotatable bonds is 3. The van der Waals surface area contributed by atoms with Gasteiger partial charge in [0.15, 0.2) is 0 Å². The van der Waals surface area contributed by atoms with Crippen LogP contribution in [0.2, 0.25) is 0 Å². The summed E-state index contributed by atoms with van der Waals surface area (Å²) in [6, 6.07) is 1.88. The second-order valence-corrected chi connectivity index (χ2v) is 5.74. The van der Waals surface area contributed by atoms with E-state index in [2.05, 4.69) is 25.3 Å². The molecule has 1 aliphatic rings. The van der Waals surface area contributed by atoms with Crippen LogP contribution < -0.4 is 5.32 Å². The molecule has 0 saturated carbocycles. The molecule has 22 heavy (non-hydrogen) atoms. The number of nitrogens with zero attached hydrogens (tertiary/aromatic N) is 5. The van der Waals surface area contributed by atoms with E-state index in [-0.39, 0.29) is 0 Å². The van der Waals surface area contributed by atoms with E-state index in [4.69, 9.17) is 0 Å². The maximum absolute atomic E-state index is 4.58. The van der Waals surface area contributed by atoms with Gasteiger partial charge in [0.25, 0.3) is 0 Å². The summed E-state index contributed by atoms with van der Waals surface area (Å²) >= 11 is 0. The number of fused-ring (bicyclic) bond motifs is 1. The summed E-state index contributed by atoms with van der Waals surface area (Å²) in [5.74, 6) is 1.35. The summed E-state index contributed by atoms with van der Waals surface area (Å²) in [6.07, 6.45) is 12.7. The average Bonchev–Trinajstić information content (AvgIpc) is 3.01. The zero-order chi connectivity index (χ0) is 14.8. The van der Waals surface area contributed by atoms with E-state index in [9.17, 15) is 0 Å². The second-order valence-electron chi connectivity index (χ2n) is 5.74. The Bertz CT molecular complexity index is 758. The van der Waals surface area contributed by atoms with Crippen molar-refractivity contribution in [2.75, 3.05) is 13.1 Å². The Morgan fingerprint density at radius 2 is 2.14 bits per heavy atom. The fourth-order valence-electron chi connectivity index (χ4n) is 3.00. The monoisotopic (exact) mass is 294 g/mol. The first-order chi connectivity index (χ1) is 10.9. The topological polar surface area (TPSA) is 68.0 Å². The Labute approximate surface area is 128 Å². The second kappa shape index (κ2) is 5.81. The smallest absolute Gasteiger partial charge is 0.234 e. The van der Waals surface area contributed by atoms with Gasteiger partial charge in [-0.25, -0.2) is 9.97 Å². The Morgan fingerprint density at radius 3 is 2.95 bits per heavy atom. The summed E-state index contributed by atoms with van der Waals surface area (Å²) in [7, 11) is 0. The van der Waals surface area contributed by atoms with Crippen LogP contribution in [-0.4, -0.2) is 37.4 Å². The molecule has 112 valence electrons. The Hall–Kier alpha value is -2.34. The maximum Gasteiger partial charge on any atom is 0.234 e. The molecule has 6 nitrogen and oxygen atoms in total. The van der Waals surface area contributed by atoms with Crippen LogP contribution in [0.15, 0.2) is 37.1 Å². The van der Waals surface area contributed by atoms with E-state index in [0.717, 1.165) is 36.6 Å². The molecule has 3 aromatic heterocycles. The molecule has 1 atom stereocenters. The quantitative estimate of drug-likeness (QED) is 0.796. The van der Waals surface area contributed by atoms with Crippen molar-refractivity contribution in [2.24, 2.45) is 5.92 Å². The van der Waals surface area contributed by atoms with Crippen LogP contribution >= 0.6 is 0 Å². The number of hydrogen-bond acceptors (Lipinski definition) is 5. The van der Waals surface area contributed by atoms with Crippen molar-refractivity contribution in [3.05, 3.63) is 42.7 Å². The molecule has 0 spiro atoms. The van der Waals surface area contributed by atoms with Gasteiger partial charge in [-0.2, -0.15) is 0 Å². The SMILES string of the molecule is c1cnc2ncc(-c3cnc(C[C@H]4CCCNC4)cn3)n2c1. The highest BCUT2D eigenvalue weighted by Gasteiger charge is 2.15. The van der Waals surface area contributed by atoms with E-state index >= 15 is 0 Å². The minimum atomic E-state index is 0.675. The highest BCUT2D eigenvalue weighted by molar-refractivity contribution is 5.56. The normalized spacial score (nSPS) is 18.6. The van der Waals surface area contributed by atoms with Crippen LogP contribution in [0.3, 0.4) is 0 Å². The number of aromatic nitrogens is 5. The zero-order valence-corrected chi connectivity index (χ0v) is 12.3. The molecule has 3 aromatic rings. The number of nitrogens with one attached hydrogen (secondary N) is 1. The van der Waals surface area contributed by atoms with Gasteiger partial charge in [0, 0.05) is 18.6 Å². The first kappa shape index (κ1) is 13.3. The van der Waals surface area contributed by atoms with Gasteiger partial charge in [0.2, 0.25) is 5.78 Å². The standard InChI is InChI=1S/C16H18N6/c1-3-12(8-17-4-1)7-13-9-20-14(10-19-13)15-11-21-16-18-5-2-6-22(15)16/h2,5-6,9-12,17H,1,3-4,7-8H2/t12-/m1/s1. The molecule has 1 fully saturated rings. The summed E-state index contributed by atoms with van der Waals surface area (Å²) in [6.45, 7) is 2.23. The number of piperidine rings is 1. The molecule has 0 radical (unpaired) electrons. The third-order valence-corrected chi connectivity index (χ3v) is 4.15. The predicted octanol–water partition coefficient (Wildman–Crippen LogP) is 1.73. The molecule has 1 N–H and O–H groups in total. The fraction of sp³-hybridized carbons (Fsp3) is 0.375. The molecule has 0 aromatic carbocycles. The molecule has 1 saturated heterocycles. The fourth-order valence-corrected chi connectivity index (χ4v) is 3.00. The van der Waals surface area contributed by atoms with Gasteiger partial charge >= 0.3 is 0 Å². The van der Waals surface area contributed by atoms with Gasteiger partial charge in [-0.15, -0.1) is 0 Å². The molecule has 4 heterocycles. The van der Waals surface area contributed by atoms with Gasteiger partial charge in [-0.05, 0) is 44.3 Å². The lowest BCUT2D eigenvalue weighted by Gasteiger charge is -2.22. The van der Waals surface area contributed by atoms with Crippen LogP contribution in [0.4, 0.5) is 0 Å².